The highest BCUT2D eigenvalue weighted by Crippen LogP contribution is 2.12. The summed E-state index contributed by atoms with van der Waals surface area (Å²) in [7, 11) is 0. The lowest BCUT2D eigenvalue weighted by Gasteiger charge is -2.05. The summed E-state index contributed by atoms with van der Waals surface area (Å²) in [6.07, 6.45) is 1.53. The van der Waals surface area contributed by atoms with Gasteiger partial charge < -0.3 is 0 Å². The lowest BCUT2D eigenvalue weighted by atomic mass is 10.1. The molecule has 0 aliphatic heterocycles. The van der Waals surface area contributed by atoms with Gasteiger partial charge in [0.15, 0.2) is 5.78 Å². The SMILES string of the molecule is O=C(Cc1cccc(F)c1)c1cnnn1-c1ccccc1. The molecule has 5 heteroatoms. The fourth-order valence-corrected chi connectivity index (χ4v) is 2.11. The average molecular weight is 281 g/mol. The Hall–Kier alpha value is -2.82. The van der Waals surface area contributed by atoms with E-state index < -0.39 is 0 Å². The number of benzene rings is 2. The van der Waals surface area contributed by atoms with Crippen LogP contribution in [0.5, 0.6) is 0 Å². The molecule has 0 unspecified atom stereocenters. The molecule has 0 radical (unpaired) electrons. The quantitative estimate of drug-likeness (QED) is 0.691. The second kappa shape index (κ2) is 5.66. The molecule has 3 aromatic rings. The number of ketones is 1. The lowest BCUT2D eigenvalue weighted by molar-refractivity contribution is 0.0985. The van der Waals surface area contributed by atoms with Crippen molar-refractivity contribution in [2.75, 3.05) is 0 Å². The highest BCUT2D eigenvalue weighted by Gasteiger charge is 2.15. The average Bonchev–Trinajstić information content (AvgIpc) is 2.98. The molecule has 104 valence electrons. The van der Waals surface area contributed by atoms with Crippen LogP contribution in [0, 0.1) is 5.82 Å². The Morgan fingerprint density at radius 1 is 1.10 bits per heavy atom. The first-order valence-corrected chi connectivity index (χ1v) is 6.48. The van der Waals surface area contributed by atoms with Crippen molar-refractivity contribution in [3.05, 3.63) is 77.9 Å². The molecule has 2 aromatic carbocycles. The van der Waals surface area contributed by atoms with E-state index in [1.807, 2.05) is 30.3 Å². The van der Waals surface area contributed by atoms with Crippen LogP contribution < -0.4 is 0 Å². The first-order chi connectivity index (χ1) is 10.2. The minimum atomic E-state index is -0.352. The molecule has 1 heterocycles. The van der Waals surface area contributed by atoms with E-state index in [-0.39, 0.29) is 18.0 Å². The van der Waals surface area contributed by atoms with Gasteiger partial charge in [-0.05, 0) is 29.8 Å². The van der Waals surface area contributed by atoms with E-state index in [1.165, 1.54) is 23.0 Å². The monoisotopic (exact) mass is 281 g/mol. The standard InChI is InChI=1S/C16H12FN3O/c17-13-6-4-5-12(9-13)10-16(21)15-11-18-19-20(15)14-7-2-1-3-8-14/h1-9,11H,10H2. The Kier molecular flexibility index (Phi) is 3.55. The lowest BCUT2D eigenvalue weighted by Crippen LogP contribution is -2.11. The van der Waals surface area contributed by atoms with Crippen molar-refractivity contribution in [1.82, 2.24) is 15.0 Å². The van der Waals surface area contributed by atoms with Gasteiger partial charge in [0, 0.05) is 6.42 Å². The molecule has 3 rings (SSSR count). The Balaban J connectivity index is 1.88. The van der Waals surface area contributed by atoms with Crippen LogP contribution in [0.2, 0.25) is 0 Å². The van der Waals surface area contributed by atoms with Crippen molar-refractivity contribution in [3.63, 3.8) is 0 Å². The predicted octanol–water partition coefficient (Wildman–Crippen LogP) is 2.83. The second-order valence-electron chi connectivity index (χ2n) is 4.60. The number of carbonyl (C=O) groups is 1. The third kappa shape index (κ3) is 2.86. The van der Waals surface area contributed by atoms with Crippen molar-refractivity contribution < 1.29 is 9.18 Å². The summed E-state index contributed by atoms with van der Waals surface area (Å²) in [5, 5.41) is 7.74. The fraction of sp³-hybridized carbons (Fsp3) is 0.0625. The van der Waals surface area contributed by atoms with Crippen molar-refractivity contribution in [2.45, 2.75) is 6.42 Å². The number of aromatic nitrogens is 3. The van der Waals surface area contributed by atoms with Crippen LogP contribution in [0.3, 0.4) is 0 Å². The zero-order valence-corrected chi connectivity index (χ0v) is 11.1. The molecule has 21 heavy (non-hydrogen) atoms. The number of para-hydroxylation sites is 1. The van der Waals surface area contributed by atoms with Gasteiger partial charge in [-0.15, -0.1) is 5.10 Å². The zero-order valence-electron chi connectivity index (χ0n) is 11.1. The molecule has 1 aromatic heterocycles. The Labute approximate surface area is 120 Å². The molecule has 0 atom stereocenters. The number of carbonyl (C=O) groups excluding carboxylic acids is 1. The number of hydrogen-bond acceptors (Lipinski definition) is 3. The molecule has 0 saturated heterocycles. The van der Waals surface area contributed by atoms with E-state index in [9.17, 15) is 9.18 Å². The van der Waals surface area contributed by atoms with Crippen molar-refractivity contribution in [3.8, 4) is 5.69 Å². The third-order valence-corrected chi connectivity index (χ3v) is 3.09. The van der Waals surface area contributed by atoms with E-state index in [0.717, 1.165) is 5.69 Å². The smallest absolute Gasteiger partial charge is 0.187 e. The van der Waals surface area contributed by atoms with Crippen LogP contribution in [-0.4, -0.2) is 20.8 Å². The summed E-state index contributed by atoms with van der Waals surface area (Å²) in [6, 6.07) is 15.3. The molecule has 0 fully saturated rings. The Bertz CT molecular complexity index is 768. The maximum Gasteiger partial charge on any atom is 0.187 e. The first kappa shape index (κ1) is 13.2. The predicted molar refractivity (Wildman–Crippen MR) is 75.8 cm³/mol. The summed E-state index contributed by atoms with van der Waals surface area (Å²) in [6.45, 7) is 0. The maximum absolute atomic E-state index is 13.2. The summed E-state index contributed by atoms with van der Waals surface area (Å²) in [5.74, 6) is -0.510. The highest BCUT2D eigenvalue weighted by molar-refractivity contribution is 5.96. The summed E-state index contributed by atoms with van der Waals surface area (Å²) < 4.78 is 14.7. The second-order valence-corrected chi connectivity index (χ2v) is 4.60. The maximum atomic E-state index is 13.2. The van der Waals surface area contributed by atoms with Crippen molar-refractivity contribution >= 4 is 5.78 Å². The normalized spacial score (nSPS) is 10.5. The van der Waals surface area contributed by atoms with Gasteiger partial charge >= 0.3 is 0 Å². The minimum absolute atomic E-state index is 0.109. The molecule has 4 nitrogen and oxygen atoms in total. The van der Waals surface area contributed by atoms with Crippen LogP contribution in [0.25, 0.3) is 5.69 Å². The van der Waals surface area contributed by atoms with Gasteiger partial charge in [0.2, 0.25) is 0 Å². The number of hydrogen-bond donors (Lipinski definition) is 0. The molecule has 0 saturated carbocycles. The van der Waals surface area contributed by atoms with Gasteiger partial charge in [0.1, 0.15) is 11.5 Å². The van der Waals surface area contributed by atoms with Gasteiger partial charge in [0.25, 0.3) is 0 Å². The van der Waals surface area contributed by atoms with Gasteiger partial charge in [-0.25, -0.2) is 9.07 Å². The fourth-order valence-electron chi connectivity index (χ4n) is 2.11. The van der Waals surface area contributed by atoms with Gasteiger partial charge in [-0.3, -0.25) is 4.79 Å². The number of nitrogens with zero attached hydrogens (tertiary/aromatic N) is 3. The highest BCUT2D eigenvalue weighted by atomic mass is 19.1. The number of Topliss-reactive ketones (excluding diaryl/α,β-unsaturated/α-hetero) is 1. The van der Waals surface area contributed by atoms with Crippen LogP contribution in [0.1, 0.15) is 16.1 Å². The molecule has 0 N–H and O–H groups in total. The molecule has 0 bridgehead atoms. The van der Waals surface area contributed by atoms with E-state index in [2.05, 4.69) is 10.3 Å². The zero-order chi connectivity index (χ0) is 14.7. The molecular formula is C16H12FN3O. The van der Waals surface area contributed by atoms with Crippen LogP contribution in [0.15, 0.2) is 60.8 Å². The molecule has 0 aliphatic carbocycles. The van der Waals surface area contributed by atoms with Gasteiger partial charge in [0.05, 0.1) is 11.9 Å². The van der Waals surface area contributed by atoms with E-state index in [1.54, 1.807) is 12.1 Å². The van der Waals surface area contributed by atoms with Gasteiger partial charge in [-0.1, -0.05) is 35.5 Å². The van der Waals surface area contributed by atoms with E-state index >= 15 is 0 Å². The van der Waals surface area contributed by atoms with Gasteiger partial charge in [-0.2, -0.15) is 0 Å². The van der Waals surface area contributed by atoms with E-state index in [4.69, 9.17) is 0 Å². The van der Waals surface area contributed by atoms with Crippen molar-refractivity contribution in [1.29, 1.82) is 0 Å². The molecule has 0 aliphatic rings. The third-order valence-electron chi connectivity index (χ3n) is 3.09. The van der Waals surface area contributed by atoms with Crippen molar-refractivity contribution in [2.24, 2.45) is 0 Å². The summed E-state index contributed by atoms with van der Waals surface area (Å²) in [4.78, 5) is 12.4. The Morgan fingerprint density at radius 2 is 1.90 bits per heavy atom. The van der Waals surface area contributed by atoms with Crippen LogP contribution >= 0.6 is 0 Å². The minimum Gasteiger partial charge on any atom is -0.292 e. The van der Waals surface area contributed by atoms with Crippen LogP contribution in [0.4, 0.5) is 4.39 Å². The van der Waals surface area contributed by atoms with Crippen LogP contribution in [-0.2, 0) is 6.42 Å². The summed E-state index contributed by atoms with van der Waals surface area (Å²) >= 11 is 0. The number of rotatable bonds is 4. The first-order valence-electron chi connectivity index (χ1n) is 6.48. The molecule has 0 amide bonds. The molecule has 0 spiro atoms. The summed E-state index contributed by atoms with van der Waals surface area (Å²) in [5.41, 5.74) is 1.77. The number of halogens is 1. The topological polar surface area (TPSA) is 47.8 Å². The Morgan fingerprint density at radius 3 is 2.67 bits per heavy atom. The molecular weight excluding hydrogens is 269 g/mol. The largest absolute Gasteiger partial charge is 0.292 e. The van der Waals surface area contributed by atoms with E-state index in [0.29, 0.717) is 11.3 Å².